The molecule has 4 heteroatoms. The molecular weight excluding hydrogens is 338 g/mol. The van der Waals surface area contributed by atoms with Gasteiger partial charge in [-0.3, -0.25) is 4.79 Å². The number of carbonyl (C=O) groups is 1. The average Bonchev–Trinajstić information content (AvgIpc) is 3.09. The van der Waals surface area contributed by atoms with E-state index in [1.54, 1.807) is 6.92 Å². The number of hydrogen-bond acceptors (Lipinski definition) is 4. The molecular formula is C23H33NO3. The Morgan fingerprint density at radius 3 is 2.78 bits per heavy atom. The van der Waals surface area contributed by atoms with Gasteiger partial charge in [-0.25, -0.2) is 0 Å². The SMILES string of the molecule is CC(=O)[C@@]12ON=C(C)[C@@H]1C[C@H]1[C@@H]3CC=C4C[C@@H](O)CC[C@]4(C)[C@H]3CC[C@@]12C. The molecule has 8 atom stereocenters. The fraction of sp³-hybridized carbons (Fsp3) is 0.826. The average molecular weight is 372 g/mol. The van der Waals surface area contributed by atoms with E-state index in [4.69, 9.17) is 4.84 Å². The van der Waals surface area contributed by atoms with Gasteiger partial charge in [-0.2, -0.15) is 0 Å². The molecule has 0 aromatic heterocycles. The van der Waals surface area contributed by atoms with Crippen LogP contribution in [0.4, 0.5) is 0 Å². The molecule has 0 saturated heterocycles. The largest absolute Gasteiger partial charge is 0.393 e. The maximum Gasteiger partial charge on any atom is 0.208 e. The van der Waals surface area contributed by atoms with E-state index < -0.39 is 5.60 Å². The number of hydrogen-bond donors (Lipinski definition) is 1. The number of oxime groups is 1. The van der Waals surface area contributed by atoms with Crippen LogP contribution in [0.15, 0.2) is 16.8 Å². The van der Waals surface area contributed by atoms with Crippen LogP contribution in [0.2, 0.25) is 0 Å². The molecule has 3 saturated carbocycles. The molecule has 5 aliphatic rings. The quantitative estimate of drug-likeness (QED) is 0.700. The highest BCUT2D eigenvalue weighted by atomic mass is 16.7. The first-order valence-electron chi connectivity index (χ1n) is 10.9. The number of fused-ring (bicyclic) bond motifs is 7. The Morgan fingerprint density at radius 2 is 2.04 bits per heavy atom. The van der Waals surface area contributed by atoms with Crippen molar-refractivity contribution < 1.29 is 14.7 Å². The van der Waals surface area contributed by atoms with E-state index in [2.05, 4.69) is 25.1 Å². The Balaban J connectivity index is 1.55. The molecule has 0 aromatic carbocycles. The van der Waals surface area contributed by atoms with Crippen LogP contribution in [0.5, 0.6) is 0 Å². The minimum atomic E-state index is -0.736. The Kier molecular flexibility index (Phi) is 3.62. The molecule has 4 aliphatic carbocycles. The highest BCUT2D eigenvalue weighted by Gasteiger charge is 2.73. The van der Waals surface area contributed by atoms with Crippen LogP contribution in [-0.4, -0.2) is 28.3 Å². The summed E-state index contributed by atoms with van der Waals surface area (Å²) in [6.45, 7) is 8.51. The zero-order chi connectivity index (χ0) is 19.2. The summed E-state index contributed by atoms with van der Waals surface area (Å²) in [7, 11) is 0. The van der Waals surface area contributed by atoms with Gasteiger partial charge in [0.15, 0.2) is 5.78 Å². The first kappa shape index (κ1) is 17.9. The van der Waals surface area contributed by atoms with Crippen molar-refractivity contribution in [2.75, 3.05) is 0 Å². The van der Waals surface area contributed by atoms with Gasteiger partial charge in [-0.15, -0.1) is 0 Å². The molecule has 1 N–H and O–H groups in total. The first-order chi connectivity index (χ1) is 12.7. The van der Waals surface area contributed by atoms with E-state index in [1.165, 1.54) is 5.57 Å². The lowest BCUT2D eigenvalue weighted by Gasteiger charge is -2.58. The van der Waals surface area contributed by atoms with E-state index in [-0.39, 0.29) is 28.6 Å². The highest BCUT2D eigenvalue weighted by molar-refractivity contribution is 5.98. The number of Topliss-reactive ketones (excluding diaryl/α,β-unsaturated/α-hetero) is 1. The third-order valence-corrected chi connectivity index (χ3v) is 9.66. The molecule has 27 heavy (non-hydrogen) atoms. The van der Waals surface area contributed by atoms with Crippen LogP contribution in [0.25, 0.3) is 0 Å². The number of allylic oxidation sites excluding steroid dienone is 1. The molecule has 0 unspecified atom stereocenters. The molecule has 3 fully saturated rings. The van der Waals surface area contributed by atoms with Crippen molar-refractivity contribution in [1.82, 2.24) is 0 Å². The molecule has 148 valence electrons. The first-order valence-corrected chi connectivity index (χ1v) is 10.9. The predicted octanol–water partition coefficient (Wildman–Crippen LogP) is 4.27. The van der Waals surface area contributed by atoms with E-state index in [0.717, 1.165) is 50.7 Å². The standard InChI is InChI=1S/C23H33NO3/c1-13-19-12-20-17-6-5-15-11-16(26)7-9-21(15,3)18(17)8-10-22(20,4)23(19,14(2)25)27-24-13/h5,16-20,26H,6-12H2,1-4H3/t16-,17+,18-,19-,20-,21-,22-,23+/m0/s1. The lowest BCUT2D eigenvalue weighted by molar-refractivity contribution is -0.173. The lowest BCUT2D eigenvalue weighted by atomic mass is 9.46. The summed E-state index contributed by atoms with van der Waals surface area (Å²) in [5.74, 6) is 2.11. The number of aliphatic hydroxyl groups excluding tert-OH is 1. The summed E-state index contributed by atoms with van der Waals surface area (Å²) >= 11 is 0. The van der Waals surface area contributed by atoms with Crippen molar-refractivity contribution in [3.63, 3.8) is 0 Å². The van der Waals surface area contributed by atoms with Crippen LogP contribution in [0, 0.1) is 34.5 Å². The van der Waals surface area contributed by atoms with Gasteiger partial charge in [-0.1, -0.05) is 30.7 Å². The van der Waals surface area contributed by atoms with Gasteiger partial charge < -0.3 is 9.94 Å². The number of ketones is 1. The van der Waals surface area contributed by atoms with Gasteiger partial charge in [0.2, 0.25) is 5.60 Å². The van der Waals surface area contributed by atoms with Crippen molar-refractivity contribution in [3.8, 4) is 0 Å². The van der Waals surface area contributed by atoms with Crippen molar-refractivity contribution in [3.05, 3.63) is 11.6 Å². The van der Waals surface area contributed by atoms with Crippen LogP contribution in [0.1, 0.15) is 72.6 Å². The number of nitrogens with zero attached hydrogens (tertiary/aromatic N) is 1. The minimum absolute atomic E-state index is 0.123. The molecule has 0 amide bonds. The second-order valence-electron chi connectivity index (χ2n) is 10.5. The van der Waals surface area contributed by atoms with Crippen molar-refractivity contribution in [1.29, 1.82) is 0 Å². The zero-order valence-corrected chi connectivity index (χ0v) is 17.1. The molecule has 0 bridgehead atoms. The molecule has 0 radical (unpaired) electrons. The Hall–Kier alpha value is -1.16. The van der Waals surface area contributed by atoms with E-state index >= 15 is 0 Å². The fourth-order valence-corrected chi connectivity index (χ4v) is 8.23. The topological polar surface area (TPSA) is 58.9 Å². The second kappa shape index (κ2) is 5.46. The third kappa shape index (κ3) is 1.98. The molecule has 4 nitrogen and oxygen atoms in total. The van der Waals surface area contributed by atoms with Gasteiger partial charge in [0, 0.05) is 5.41 Å². The normalized spacial score (nSPS) is 53.3. The number of aliphatic hydroxyl groups is 1. The minimum Gasteiger partial charge on any atom is -0.393 e. The Bertz CT molecular complexity index is 757. The van der Waals surface area contributed by atoms with Crippen LogP contribution in [-0.2, 0) is 9.63 Å². The summed E-state index contributed by atoms with van der Waals surface area (Å²) in [6.07, 6.45) is 9.51. The summed E-state index contributed by atoms with van der Waals surface area (Å²) in [5, 5.41) is 14.5. The van der Waals surface area contributed by atoms with E-state index in [0.29, 0.717) is 17.8 Å². The summed E-state index contributed by atoms with van der Waals surface area (Å²) in [4.78, 5) is 18.9. The Morgan fingerprint density at radius 1 is 1.26 bits per heavy atom. The maximum absolute atomic E-state index is 12.9. The molecule has 0 spiro atoms. The second-order valence-corrected chi connectivity index (χ2v) is 10.5. The molecule has 5 rings (SSSR count). The van der Waals surface area contributed by atoms with Crippen molar-refractivity contribution in [2.24, 2.45) is 39.7 Å². The van der Waals surface area contributed by atoms with Gasteiger partial charge in [0.25, 0.3) is 0 Å². The van der Waals surface area contributed by atoms with Gasteiger partial charge >= 0.3 is 0 Å². The smallest absolute Gasteiger partial charge is 0.208 e. The van der Waals surface area contributed by atoms with E-state index in [9.17, 15) is 9.90 Å². The highest BCUT2D eigenvalue weighted by Crippen LogP contribution is 2.70. The summed E-state index contributed by atoms with van der Waals surface area (Å²) in [5.41, 5.74) is 1.88. The maximum atomic E-state index is 12.9. The van der Waals surface area contributed by atoms with Crippen LogP contribution < -0.4 is 0 Å². The summed E-state index contributed by atoms with van der Waals surface area (Å²) < 4.78 is 0. The number of carbonyl (C=O) groups excluding carboxylic acids is 1. The monoisotopic (exact) mass is 371 g/mol. The van der Waals surface area contributed by atoms with Crippen LogP contribution >= 0.6 is 0 Å². The van der Waals surface area contributed by atoms with Crippen molar-refractivity contribution >= 4 is 11.5 Å². The predicted molar refractivity (Wildman–Crippen MR) is 104 cm³/mol. The molecule has 1 heterocycles. The third-order valence-electron chi connectivity index (χ3n) is 9.66. The number of rotatable bonds is 1. The zero-order valence-electron chi connectivity index (χ0n) is 17.1. The van der Waals surface area contributed by atoms with Crippen molar-refractivity contribution in [2.45, 2.75) is 84.3 Å². The molecule has 0 aromatic rings. The van der Waals surface area contributed by atoms with Gasteiger partial charge in [-0.05, 0) is 82.0 Å². The fourth-order valence-electron chi connectivity index (χ4n) is 8.23. The van der Waals surface area contributed by atoms with E-state index in [1.807, 2.05) is 6.92 Å². The molecule has 1 aliphatic heterocycles. The lowest BCUT2D eigenvalue weighted by Crippen LogP contribution is -2.58. The van der Waals surface area contributed by atoms with Gasteiger partial charge in [0.05, 0.1) is 17.7 Å². The summed E-state index contributed by atoms with van der Waals surface area (Å²) in [6, 6.07) is 0. The Labute approximate surface area is 162 Å². The van der Waals surface area contributed by atoms with Crippen LogP contribution in [0.3, 0.4) is 0 Å². The van der Waals surface area contributed by atoms with Gasteiger partial charge in [0.1, 0.15) is 0 Å².